The van der Waals surface area contributed by atoms with Crippen LogP contribution in [0.25, 0.3) is 0 Å². The molecule has 7 heteroatoms. The van der Waals surface area contributed by atoms with Crippen LogP contribution in [0.5, 0.6) is 0 Å². The Morgan fingerprint density at radius 2 is 1.78 bits per heavy atom. The number of hydrogen-bond donors (Lipinski definition) is 1. The minimum Gasteiger partial charge on any atom is -0.352 e. The van der Waals surface area contributed by atoms with Crippen LogP contribution < -0.4 is 5.32 Å². The number of carbonyl (C=O) groups excluding carboxylic acids is 2. The molecule has 1 atom stereocenters. The van der Waals surface area contributed by atoms with Gasteiger partial charge in [0, 0.05) is 29.7 Å². The summed E-state index contributed by atoms with van der Waals surface area (Å²) in [6.45, 7) is 2.11. The van der Waals surface area contributed by atoms with Crippen molar-refractivity contribution in [3.05, 3.63) is 64.1 Å². The largest absolute Gasteiger partial charge is 0.352 e. The van der Waals surface area contributed by atoms with Crippen molar-refractivity contribution in [3.63, 3.8) is 0 Å². The Morgan fingerprint density at radius 3 is 2.47 bits per heavy atom. The molecule has 1 aliphatic rings. The zero-order valence-corrected chi connectivity index (χ0v) is 20.7. The van der Waals surface area contributed by atoms with E-state index in [1.54, 1.807) is 35.7 Å². The van der Waals surface area contributed by atoms with Crippen molar-refractivity contribution in [1.82, 2.24) is 10.2 Å². The third-order valence-corrected chi connectivity index (χ3v) is 7.54. The maximum Gasteiger partial charge on any atom is 0.242 e. The fourth-order valence-corrected chi connectivity index (χ4v) is 5.09. The first-order chi connectivity index (χ1) is 15.4. The van der Waals surface area contributed by atoms with Crippen LogP contribution >= 0.6 is 35.0 Å². The van der Waals surface area contributed by atoms with E-state index in [0.29, 0.717) is 28.8 Å². The highest BCUT2D eigenvalue weighted by atomic mass is 35.5. The number of rotatable bonds is 9. The van der Waals surface area contributed by atoms with Gasteiger partial charge in [-0.05, 0) is 49.6 Å². The van der Waals surface area contributed by atoms with E-state index in [0.717, 1.165) is 36.1 Å². The van der Waals surface area contributed by atoms with Crippen LogP contribution in [0, 0.1) is 0 Å². The molecule has 1 saturated carbocycles. The minimum atomic E-state index is -0.569. The molecule has 1 aliphatic carbocycles. The summed E-state index contributed by atoms with van der Waals surface area (Å²) in [5.41, 5.74) is 0.848. The van der Waals surface area contributed by atoms with E-state index in [1.165, 1.54) is 6.42 Å². The van der Waals surface area contributed by atoms with Crippen molar-refractivity contribution in [3.8, 4) is 0 Å². The number of hydrogen-bond acceptors (Lipinski definition) is 3. The van der Waals surface area contributed by atoms with Gasteiger partial charge in [-0.2, -0.15) is 0 Å². The molecule has 172 valence electrons. The van der Waals surface area contributed by atoms with Crippen LogP contribution in [0.4, 0.5) is 0 Å². The number of amides is 2. The molecule has 32 heavy (non-hydrogen) atoms. The highest BCUT2D eigenvalue weighted by Crippen LogP contribution is 2.25. The van der Waals surface area contributed by atoms with Gasteiger partial charge in [0.1, 0.15) is 6.04 Å². The molecule has 1 N–H and O–H groups in total. The van der Waals surface area contributed by atoms with Crippen molar-refractivity contribution < 1.29 is 9.59 Å². The van der Waals surface area contributed by atoms with E-state index >= 15 is 0 Å². The van der Waals surface area contributed by atoms with Gasteiger partial charge in [-0.1, -0.05) is 66.7 Å². The third kappa shape index (κ3) is 7.43. The van der Waals surface area contributed by atoms with E-state index in [1.807, 2.05) is 36.4 Å². The lowest BCUT2D eigenvalue weighted by Gasteiger charge is -2.31. The Balaban J connectivity index is 1.67. The Morgan fingerprint density at radius 1 is 1.06 bits per heavy atom. The first-order valence-corrected chi connectivity index (χ1v) is 12.9. The van der Waals surface area contributed by atoms with Crippen LogP contribution in [0.3, 0.4) is 0 Å². The second-order valence-corrected chi connectivity index (χ2v) is 10.2. The molecular formula is C25H30Cl2N2O2S. The number of nitrogens with one attached hydrogen (secondary N) is 1. The Labute approximate surface area is 205 Å². The normalized spacial score (nSPS) is 15.2. The van der Waals surface area contributed by atoms with Crippen molar-refractivity contribution in [1.29, 1.82) is 0 Å². The molecular weight excluding hydrogens is 463 g/mol. The third-order valence-electron chi connectivity index (χ3n) is 5.78. The molecule has 1 fully saturated rings. The first-order valence-electron chi connectivity index (χ1n) is 11.2. The predicted octanol–water partition coefficient (Wildman–Crippen LogP) is 6.34. The summed E-state index contributed by atoms with van der Waals surface area (Å²) in [6.07, 6.45) is 5.87. The summed E-state index contributed by atoms with van der Waals surface area (Å²) in [5.74, 6) is 0.504. The zero-order valence-electron chi connectivity index (χ0n) is 18.4. The predicted molar refractivity (Wildman–Crippen MR) is 133 cm³/mol. The maximum atomic E-state index is 13.2. The van der Waals surface area contributed by atoms with Gasteiger partial charge in [0.15, 0.2) is 0 Å². The van der Waals surface area contributed by atoms with E-state index in [-0.39, 0.29) is 17.9 Å². The van der Waals surface area contributed by atoms with Gasteiger partial charge in [0.2, 0.25) is 11.8 Å². The fourth-order valence-electron chi connectivity index (χ4n) is 3.90. The molecule has 0 aromatic heterocycles. The summed E-state index contributed by atoms with van der Waals surface area (Å²) in [4.78, 5) is 29.0. The number of benzene rings is 2. The van der Waals surface area contributed by atoms with Gasteiger partial charge in [0.25, 0.3) is 0 Å². The standard InChI is InChI=1S/C25H30Cl2N2O2S/c1-18(25(31)28-20-8-4-2-5-9-20)29(17-19-12-13-22(26)23(27)16-19)24(30)14-15-32-21-10-6-3-7-11-21/h3,6-7,10-13,16,18,20H,2,4-5,8-9,14-15,17H2,1H3,(H,28,31)/t18-/m1/s1. The zero-order chi connectivity index (χ0) is 22.9. The molecule has 2 amide bonds. The number of nitrogens with zero attached hydrogens (tertiary/aromatic N) is 1. The second-order valence-electron chi connectivity index (χ2n) is 8.20. The second kappa shape index (κ2) is 12.5. The fraction of sp³-hybridized carbons (Fsp3) is 0.440. The Bertz CT molecular complexity index is 904. The lowest BCUT2D eigenvalue weighted by Crippen LogP contribution is -2.50. The van der Waals surface area contributed by atoms with Crippen molar-refractivity contribution in [2.45, 2.75) is 69.0 Å². The van der Waals surface area contributed by atoms with Crippen molar-refractivity contribution >= 4 is 46.8 Å². The molecule has 0 heterocycles. The molecule has 0 saturated heterocycles. The van der Waals surface area contributed by atoms with Crippen LogP contribution in [0.15, 0.2) is 53.4 Å². The van der Waals surface area contributed by atoms with Gasteiger partial charge in [-0.25, -0.2) is 0 Å². The summed E-state index contributed by atoms with van der Waals surface area (Å²) in [5, 5.41) is 4.07. The lowest BCUT2D eigenvalue weighted by molar-refractivity contribution is -0.140. The first kappa shape index (κ1) is 24.9. The molecule has 2 aromatic rings. The molecule has 3 rings (SSSR count). The van der Waals surface area contributed by atoms with Crippen molar-refractivity contribution in [2.75, 3.05) is 5.75 Å². The van der Waals surface area contributed by atoms with Crippen LogP contribution in [0.1, 0.15) is 51.0 Å². The molecule has 0 aliphatic heterocycles. The smallest absolute Gasteiger partial charge is 0.242 e. The Hall–Kier alpha value is -1.69. The van der Waals surface area contributed by atoms with E-state index in [4.69, 9.17) is 23.2 Å². The maximum absolute atomic E-state index is 13.2. The minimum absolute atomic E-state index is 0.0502. The highest BCUT2D eigenvalue weighted by molar-refractivity contribution is 7.99. The van der Waals surface area contributed by atoms with Crippen LogP contribution in [-0.4, -0.2) is 34.6 Å². The number of carbonyl (C=O) groups is 2. The van der Waals surface area contributed by atoms with Crippen LogP contribution in [0.2, 0.25) is 10.0 Å². The summed E-state index contributed by atoms with van der Waals surface area (Å²) in [6, 6.07) is 15.0. The lowest BCUT2D eigenvalue weighted by atomic mass is 9.95. The topological polar surface area (TPSA) is 49.4 Å². The monoisotopic (exact) mass is 492 g/mol. The average Bonchev–Trinajstić information content (AvgIpc) is 2.80. The van der Waals surface area contributed by atoms with Gasteiger partial charge in [0.05, 0.1) is 10.0 Å². The van der Waals surface area contributed by atoms with E-state index < -0.39 is 6.04 Å². The van der Waals surface area contributed by atoms with E-state index in [2.05, 4.69) is 5.32 Å². The molecule has 0 unspecified atom stereocenters. The van der Waals surface area contributed by atoms with Gasteiger partial charge < -0.3 is 10.2 Å². The summed E-state index contributed by atoms with van der Waals surface area (Å²) < 4.78 is 0. The van der Waals surface area contributed by atoms with Gasteiger partial charge in [-0.3, -0.25) is 9.59 Å². The molecule has 0 bridgehead atoms. The van der Waals surface area contributed by atoms with Crippen LogP contribution in [-0.2, 0) is 16.1 Å². The van der Waals surface area contributed by atoms with Gasteiger partial charge in [-0.15, -0.1) is 11.8 Å². The van der Waals surface area contributed by atoms with Gasteiger partial charge >= 0.3 is 0 Å². The SMILES string of the molecule is C[C@H](C(=O)NC1CCCCC1)N(Cc1ccc(Cl)c(Cl)c1)C(=O)CCSc1ccccc1. The van der Waals surface area contributed by atoms with Crippen molar-refractivity contribution in [2.24, 2.45) is 0 Å². The average molecular weight is 494 g/mol. The molecule has 0 radical (unpaired) electrons. The number of halogens is 2. The summed E-state index contributed by atoms with van der Waals surface area (Å²) in [7, 11) is 0. The Kier molecular flexibility index (Phi) is 9.76. The highest BCUT2D eigenvalue weighted by Gasteiger charge is 2.28. The molecule has 4 nitrogen and oxygen atoms in total. The summed E-state index contributed by atoms with van der Waals surface area (Å²) >= 11 is 13.9. The quantitative estimate of drug-likeness (QED) is 0.415. The molecule has 0 spiro atoms. The molecule has 2 aromatic carbocycles. The number of thioether (sulfide) groups is 1. The van der Waals surface area contributed by atoms with E-state index in [9.17, 15) is 9.59 Å².